The summed E-state index contributed by atoms with van der Waals surface area (Å²) in [4.78, 5) is 30.1. The van der Waals surface area contributed by atoms with E-state index in [0.29, 0.717) is 11.3 Å². The van der Waals surface area contributed by atoms with E-state index in [2.05, 4.69) is 10.3 Å². The van der Waals surface area contributed by atoms with E-state index in [1.807, 2.05) is 42.6 Å². The summed E-state index contributed by atoms with van der Waals surface area (Å²) in [5.74, 6) is -0.122. The lowest BCUT2D eigenvalue weighted by Crippen LogP contribution is -2.39. The maximum Gasteiger partial charge on any atom is 0.270 e. The standard InChI is InChI=1S/C23H25N3O2/c27-22(25-16-9-5-2-6-10-16)21-20-18(13-14-24-20)19(15-7-3-1-4-8-15)23(28)26(21)17-11-12-17/h1,3-4,7-8,13-14,16-17,24H,2,5-6,9-12H2,(H,25,27). The van der Waals surface area contributed by atoms with Crippen molar-refractivity contribution in [1.82, 2.24) is 14.9 Å². The molecule has 2 fully saturated rings. The molecule has 144 valence electrons. The zero-order valence-corrected chi connectivity index (χ0v) is 15.9. The molecule has 2 aliphatic carbocycles. The minimum absolute atomic E-state index is 0.0606. The van der Waals surface area contributed by atoms with Crippen molar-refractivity contribution in [3.63, 3.8) is 0 Å². The van der Waals surface area contributed by atoms with Gasteiger partial charge in [0, 0.05) is 23.7 Å². The van der Waals surface area contributed by atoms with Crippen LogP contribution in [0, 0.1) is 0 Å². The molecule has 0 spiro atoms. The van der Waals surface area contributed by atoms with Crippen LogP contribution in [-0.4, -0.2) is 21.5 Å². The molecular formula is C23H25N3O2. The highest BCUT2D eigenvalue weighted by Gasteiger charge is 2.33. The summed E-state index contributed by atoms with van der Waals surface area (Å²) in [7, 11) is 0. The van der Waals surface area contributed by atoms with Crippen LogP contribution in [0.1, 0.15) is 61.5 Å². The predicted molar refractivity (Wildman–Crippen MR) is 111 cm³/mol. The average molecular weight is 375 g/mol. The first kappa shape index (κ1) is 17.3. The van der Waals surface area contributed by atoms with Crippen molar-refractivity contribution in [1.29, 1.82) is 0 Å². The van der Waals surface area contributed by atoms with Crippen molar-refractivity contribution in [3.05, 3.63) is 58.6 Å². The van der Waals surface area contributed by atoms with E-state index in [1.165, 1.54) is 6.42 Å². The molecule has 5 heteroatoms. The summed E-state index contributed by atoms with van der Waals surface area (Å²) in [6, 6.07) is 12.0. The van der Waals surface area contributed by atoms with Gasteiger partial charge in [-0.25, -0.2) is 0 Å². The number of carbonyl (C=O) groups is 1. The first-order chi connectivity index (χ1) is 13.7. The summed E-state index contributed by atoms with van der Waals surface area (Å²) in [6.45, 7) is 0. The number of benzene rings is 1. The third-order valence-electron chi connectivity index (χ3n) is 6.06. The number of carbonyl (C=O) groups excluding carboxylic acids is 1. The van der Waals surface area contributed by atoms with Crippen LogP contribution in [0.4, 0.5) is 0 Å². The molecule has 0 aliphatic heterocycles. The normalized spacial score (nSPS) is 17.7. The van der Waals surface area contributed by atoms with Gasteiger partial charge in [-0.05, 0) is 37.3 Å². The van der Waals surface area contributed by atoms with Gasteiger partial charge in [0.15, 0.2) is 0 Å². The van der Waals surface area contributed by atoms with Crippen molar-refractivity contribution >= 4 is 16.8 Å². The smallest absolute Gasteiger partial charge is 0.270 e. The highest BCUT2D eigenvalue weighted by Crippen LogP contribution is 2.38. The second kappa shape index (κ2) is 6.97. The van der Waals surface area contributed by atoms with Crippen LogP contribution in [0.5, 0.6) is 0 Å². The molecule has 1 amide bonds. The van der Waals surface area contributed by atoms with Gasteiger partial charge in [0.05, 0.1) is 11.1 Å². The zero-order chi connectivity index (χ0) is 19.1. The van der Waals surface area contributed by atoms with E-state index in [0.717, 1.165) is 55.0 Å². The number of hydrogen-bond donors (Lipinski definition) is 2. The van der Waals surface area contributed by atoms with Crippen molar-refractivity contribution in [3.8, 4) is 11.1 Å². The number of amides is 1. The Hall–Kier alpha value is -2.82. The van der Waals surface area contributed by atoms with E-state index in [1.54, 1.807) is 4.57 Å². The van der Waals surface area contributed by atoms with E-state index >= 15 is 0 Å². The number of aromatic nitrogens is 2. The zero-order valence-electron chi connectivity index (χ0n) is 15.9. The summed E-state index contributed by atoms with van der Waals surface area (Å²) < 4.78 is 1.75. The predicted octanol–water partition coefficient (Wildman–Crippen LogP) is 4.39. The number of rotatable bonds is 4. The van der Waals surface area contributed by atoms with Gasteiger partial charge in [-0.15, -0.1) is 0 Å². The van der Waals surface area contributed by atoms with Gasteiger partial charge in [0.2, 0.25) is 0 Å². The largest absolute Gasteiger partial charge is 0.359 e. The number of hydrogen-bond acceptors (Lipinski definition) is 2. The van der Waals surface area contributed by atoms with E-state index in [9.17, 15) is 9.59 Å². The third-order valence-corrected chi connectivity index (χ3v) is 6.06. The van der Waals surface area contributed by atoms with E-state index in [4.69, 9.17) is 0 Å². The molecule has 0 radical (unpaired) electrons. The molecule has 2 N–H and O–H groups in total. The number of fused-ring (bicyclic) bond motifs is 1. The lowest BCUT2D eigenvalue weighted by Gasteiger charge is -2.24. The first-order valence-electron chi connectivity index (χ1n) is 10.4. The average Bonchev–Trinajstić information content (AvgIpc) is 3.45. The molecule has 0 atom stereocenters. The van der Waals surface area contributed by atoms with Crippen LogP contribution in [-0.2, 0) is 0 Å². The fourth-order valence-electron chi connectivity index (χ4n) is 4.52. The van der Waals surface area contributed by atoms with Gasteiger partial charge < -0.3 is 10.3 Å². The van der Waals surface area contributed by atoms with Crippen LogP contribution in [0.3, 0.4) is 0 Å². The highest BCUT2D eigenvalue weighted by molar-refractivity contribution is 6.08. The molecule has 2 saturated carbocycles. The summed E-state index contributed by atoms with van der Waals surface area (Å²) in [5.41, 5.74) is 2.77. The molecule has 2 aromatic heterocycles. The Morgan fingerprint density at radius 3 is 2.46 bits per heavy atom. The van der Waals surface area contributed by atoms with Crippen LogP contribution in [0.2, 0.25) is 0 Å². The van der Waals surface area contributed by atoms with Gasteiger partial charge in [-0.3, -0.25) is 14.2 Å². The second-order valence-electron chi connectivity index (χ2n) is 8.07. The van der Waals surface area contributed by atoms with Crippen molar-refractivity contribution in [2.24, 2.45) is 0 Å². The van der Waals surface area contributed by atoms with E-state index < -0.39 is 0 Å². The Balaban J connectivity index is 1.67. The lowest BCUT2D eigenvalue weighted by molar-refractivity contribution is 0.0918. The highest BCUT2D eigenvalue weighted by atomic mass is 16.2. The number of nitrogens with one attached hydrogen (secondary N) is 2. The van der Waals surface area contributed by atoms with Crippen LogP contribution < -0.4 is 10.9 Å². The molecule has 2 aliphatic rings. The van der Waals surface area contributed by atoms with Gasteiger partial charge in [0.25, 0.3) is 11.5 Å². The van der Waals surface area contributed by atoms with E-state index in [-0.39, 0.29) is 23.6 Å². The minimum atomic E-state index is -0.122. The molecule has 3 aromatic rings. The quantitative estimate of drug-likeness (QED) is 0.710. The Bertz CT molecular complexity index is 1070. The fourth-order valence-corrected chi connectivity index (χ4v) is 4.52. The molecule has 5 rings (SSSR count). The Labute approximate surface area is 163 Å². The van der Waals surface area contributed by atoms with Crippen LogP contribution in [0.15, 0.2) is 47.4 Å². The molecule has 0 saturated heterocycles. The second-order valence-corrected chi connectivity index (χ2v) is 8.07. The number of pyridine rings is 1. The first-order valence-corrected chi connectivity index (χ1v) is 10.4. The molecule has 28 heavy (non-hydrogen) atoms. The third kappa shape index (κ3) is 2.95. The number of nitrogens with zero attached hydrogens (tertiary/aromatic N) is 1. The Morgan fingerprint density at radius 1 is 1.00 bits per heavy atom. The summed E-state index contributed by atoms with van der Waals surface area (Å²) in [5, 5.41) is 4.03. The van der Waals surface area contributed by atoms with Gasteiger partial charge in [-0.1, -0.05) is 49.6 Å². The molecule has 1 aromatic carbocycles. The topological polar surface area (TPSA) is 66.9 Å². The maximum absolute atomic E-state index is 13.5. The number of aromatic amines is 1. The summed E-state index contributed by atoms with van der Waals surface area (Å²) in [6.07, 6.45) is 9.33. The monoisotopic (exact) mass is 375 g/mol. The Kier molecular flexibility index (Phi) is 4.30. The molecule has 5 nitrogen and oxygen atoms in total. The minimum Gasteiger partial charge on any atom is -0.359 e. The Morgan fingerprint density at radius 2 is 1.75 bits per heavy atom. The molecule has 2 heterocycles. The lowest BCUT2D eigenvalue weighted by atomic mass is 9.95. The fraction of sp³-hybridized carbons (Fsp3) is 0.391. The van der Waals surface area contributed by atoms with Crippen molar-refractivity contribution in [2.75, 3.05) is 0 Å². The maximum atomic E-state index is 13.5. The van der Waals surface area contributed by atoms with Crippen LogP contribution in [0.25, 0.3) is 22.0 Å². The van der Waals surface area contributed by atoms with Gasteiger partial charge >= 0.3 is 0 Å². The molecule has 0 bridgehead atoms. The van der Waals surface area contributed by atoms with Crippen molar-refractivity contribution in [2.45, 2.75) is 57.0 Å². The summed E-state index contributed by atoms with van der Waals surface area (Å²) >= 11 is 0. The number of H-pyrrole nitrogens is 1. The van der Waals surface area contributed by atoms with Gasteiger partial charge in [-0.2, -0.15) is 0 Å². The SMILES string of the molecule is O=C(NC1CCCCC1)c1c2[nH]ccc2c(-c2ccccc2)c(=O)n1C1CC1. The van der Waals surface area contributed by atoms with Crippen molar-refractivity contribution < 1.29 is 4.79 Å². The van der Waals surface area contributed by atoms with Crippen LogP contribution >= 0.6 is 0 Å². The molecular weight excluding hydrogens is 350 g/mol. The van der Waals surface area contributed by atoms with Gasteiger partial charge in [0.1, 0.15) is 5.69 Å². The molecule has 0 unspecified atom stereocenters.